The normalized spacial score (nSPS) is 10.6. The zero-order chi connectivity index (χ0) is 20.3. The largest absolute Gasteiger partial charge is 0.497 e. The summed E-state index contributed by atoms with van der Waals surface area (Å²) < 4.78 is 15.8. The van der Waals surface area contributed by atoms with Gasteiger partial charge in [0.25, 0.3) is 0 Å². The van der Waals surface area contributed by atoms with Gasteiger partial charge in [0.05, 0.1) is 26.5 Å². The summed E-state index contributed by atoms with van der Waals surface area (Å²) in [7, 11) is 3.16. The Morgan fingerprint density at radius 2 is 1.89 bits per heavy atom. The Balaban J connectivity index is 1.89. The second kappa shape index (κ2) is 7.99. The van der Waals surface area contributed by atoms with E-state index in [2.05, 4.69) is 15.5 Å². The zero-order valence-electron chi connectivity index (χ0n) is 16.1. The van der Waals surface area contributed by atoms with Gasteiger partial charge < -0.3 is 24.4 Å². The van der Waals surface area contributed by atoms with E-state index in [0.717, 1.165) is 22.6 Å². The van der Waals surface area contributed by atoms with Crippen molar-refractivity contribution in [2.75, 3.05) is 19.5 Å². The molecule has 0 spiro atoms. The molecule has 8 heteroatoms. The van der Waals surface area contributed by atoms with Crippen LogP contribution in [0.15, 0.2) is 35.0 Å². The summed E-state index contributed by atoms with van der Waals surface area (Å²) in [5, 5.41) is 16.6. The van der Waals surface area contributed by atoms with Gasteiger partial charge in [-0.1, -0.05) is 5.16 Å². The lowest BCUT2D eigenvalue weighted by atomic mass is 10.1. The van der Waals surface area contributed by atoms with Gasteiger partial charge in [0.15, 0.2) is 17.1 Å². The Bertz CT molecular complexity index is 996. The molecule has 0 radical (unpaired) electrons. The highest BCUT2D eigenvalue weighted by Crippen LogP contribution is 2.31. The molecule has 0 aliphatic heterocycles. The summed E-state index contributed by atoms with van der Waals surface area (Å²) in [4.78, 5) is 16.2. The number of nitrogens with zero attached hydrogens (tertiary/aromatic N) is 2. The Hall–Kier alpha value is -3.55. The van der Waals surface area contributed by atoms with Crippen molar-refractivity contribution in [2.45, 2.75) is 20.4 Å². The number of anilines is 1. The van der Waals surface area contributed by atoms with Crippen LogP contribution in [-0.4, -0.2) is 35.4 Å². The lowest BCUT2D eigenvalue weighted by molar-refractivity contribution is 0.0698. The summed E-state index contributed by atoms with van der Waals surface area (Å²) in [5.74, 6) is 0.585. The number of rotatable bonds is 7. The summed E-state index contributed by atoms with van der Waals surface area (Å²) in [5.41, 5.74) is 3.09. The van der Waals surface area contributed by atoms with Crippen molar-refractivity contribution in [1.82, 2.24) is 10.1 Å². The minimum atomic E-state index is -1.14. The molecule has 28 heavy (non-hydrogen) atoms. The number of carboxylic acid groups (broad SMARTS) is 1. The van der Waals surface area contributed by atoms with E-state index in [1.165, 1.54) is 0 Å². The predicted molar refractivity (Wildman–Crippen MR) is 103 cm³/mol. The summed E-state index contributed by atoms with van der Waals surface area (Å²) in [6.07, 6.45) is 1.71. The van der Waals surface area contributed by atoms with Gasteiger partial charge in [-0.05, 0) is 38.1 Å². The zero-order valence-corrected chi connectivity index (χ0v) is 16.1. The van der Waals surface area contributed by atoms with Gasteiger partial charge in [0.2, 0.25) is 0 Å². The lowest BCUT2D eigenvalue weighted by Crippen LogP contribution is -2.09. The molecule has 3 aromatic rings. The first-order valence-electron chi connectivity index (χ1n) is 8.56. The number of nitrogens with one attached hydrogen (secondary N) is 1. The number of aryl methyl sites for hydroxylation is 1. The van der Waals surface area contributed by atoms with Crippen LogP contribution in [0.5, 0.6) is 11.5 Å². The second-order valence-corrected chi connectivity index (χ2v) is 6.17. The minimum absolute atomic E-state index is 0.0399. The molecule has 3 rings (SSSR count). The monoisotopic (exact) mass is 383 g/mol. The van der Waals surface area contributed by atoms with Gasteiger partial charge in [-0.15, -0.1) is 0 Å². The van der Waals surface area contributed by atoms with Gasteiger partial charge >= 0.3 is 5.97 Å². The van der Waals surface area contributed by atoms with E-state index < -0.39 is 5.97 Å². The molecule has 0 aliphatic rings. The SMILES string of the molecule is COc1ccc(-c2onc(NCc3ncc(C)c(OC)c3C)c2C(=O)O)cc1. The Morgan fingerprint density at radius 3 is 2.50 bits per heavy atom. The molecule has 0 amide bonds. The third-order valence-electron chi connectivity index (χ3n) is 4.43. The average molecular weight is 383 g/mol. The van der Waals surface area contributed by atoms with Crippen LogP contribution in [0, 0.1) is 13.8 Å². The number of carbonyl (C=O) groups is 1. The number of hydrogen-bond donors (Lipinski definition) is 2. The number of ether oxygens (including phenoxy) is 2. The number of carboxylic acids is 1. The number of methoxy groups -OCH3 is 2. The van der Waals surface area contributed by atoms with Crippen molar-refractivity contribution in [2.24, 2.45) is 0 Å². The van der Waals surface area contributed by atoms with Crippen LogP contribution in [0.1, 0.15) is 27.2 Å². The maximum Gasteiger partial charge on any atom is 0.343 e. The average Bonchev–Trinajstić information content (AvgIpc) is 3.12. The third-order valence-corrected chi connectivity index (χ3v) is 4.43. The molecular formula is C20H21N3O5. The van der Waals surface area contributed by atoms with Gasteiger partial charge in [0.1, 0.15) is 11.5 Å². The number of pyridine rings is 1. The first-order chi connectivity index (χ1) is 13.5. The molecule has 0 saturated carbocycles. The molecule has 2 aromatic heterocycles. The standard InChI is InChI=1S/C20H21N3O5/c1-11-9-21-15(12(2)17(11)27-4)10-22-19-16(20(24)25)18(28-23-19)13-5-7-14(26-3)8-6-13/h5-9H,10H2,1-4H3,(H,22,23)(H,24,25). The molecule has 146 valence electrons. The number of hydrogen-bond acceptors (Lipinski definition) is 7. The number of aromatic nitrogens is 2. The molecular weight excluding hydrogens is 362 g/mol. The fourth-order valence-electron chi connectivity index (χ4n) is 2.97. The van der Waals surface area contributed by atoms with Gasteiger partial charge in [-0.2, -0.15) is 0 Å². The van der Waals surface area contributed by atoms with Crippen LogP contribution in [0.2, 0.25) is 0 Å². The number of aromatic carboxylic acids is 1. The predicted octanol–water partition coefficient (Wildman–Crippen LogP) is 3.68. The van der Waals surface area contributed by atoms with Crippen molar-refractivity contribution in [3.8, 4) is 22.8 Å². The van der Waals surface area contributed by atoms with Crippen molar-refractivity contribution in [3.05, 3.63) is 52.8 Å². The molecule has 0 atom stereocenters. The fourth-order valence-corrected chi connectivity index (χ4v) is 2.97. The lowest BCUT2D eigenvalue weighted by Gasteiger charge is -2.12. The van der Waals surface area contributed by atoms with Crippen molar-refractivity contribution >= 4 is 11.8 Å². The van der Waals surface area contributed by atoms with Gasteiger partial charge in [-0.25, -0.2) is 4.79 Å². The van der Waals surface area contributed by atoms with Crippen LogP contribution < -0.4 is 14.8 Å². The second-order valence-electron chi connectivity index (χ2n) is 6.17. The molecule has 1 aromatic carbocycles. The van der Waals surface area contributed by atoms with E-state index >= 15 is 0 Å². The van der Waals surface area contributed by atoms with Gasteiger partial charge in [-0.3, -0.25) is 4.98 Å². The van der Waals surface area contributed by atoms with E-state index in [1.807, 2.05) is 13.8 Å². The van der Waals surface area contributed by atoms with E-state index in [9.17, 15) is 9.90 Å². The topological polar surface area (TPSA) is 107 Å². The first-order valence-corrected chi connectivity index (χ1v) is 8.56. The maximum atomic E-state index is 11.8. The third kappa shape index (κ3) is 3.62. The van der Waals surface area contributed by atoms with Crippen LogP contribution in [0.4, 0.5) is 5.82 Å². The Labute approximate surface area is 162 Å². The van der Waals surface area contributed by atoms with Crippen molar-refractivity contribution < 1.29 is 23.9 Å². The van der Waals surface area contributed by atoms with Crippen LogP contribution in [0.3, 0.4) is 0 Å². The first kappa shape index (κ1) is 19.2. The molecule has 8 nitrogen and oxygen atoms in total. The smallest absolute Gasteiger partial charge is 0.343 e. The quantitative estimate of drug-likeness (QED) is 0.636. The van der Waals surface area contributed by atoms with Crippen LogP contribution in [-0.2, 0) is 6.54 Å². The Kier molecular flexibility index (Phi) is 5.49. The highest BCUT2D eigenvalue weighted by Gasteiger charge is 2.24. The molecule has 0 aliphatic carbocycles. The summed E-state index contributed by atoms with van der Waals surface area (Å²) in [6, 6.07) is 6.88. The van der Waals surface area contributed by atoms with E-state index in [-0.39, 0.29) is 23.7 Å². The molecule has 0 saturated heterocycles. The molecule has 0 unspecified atom stereocenters. The van der Waals surface area contributed by atoms with Crippen LogP contribution in [0.25, 0.3) is 11.3 Å². The fraction of sp³-hybridized carbons (Fsp3) is 0.250. The summed E-state index contributed by atoms with van der Waals surface area (Å²) in [6.45, 7) is 4.09. The van der Waals surface area contributed by atoms with Gasteiger partial charge in [0, 0.05) is 22.9 Å². The number of benzene rings is 1. The van der Waals surface area contributed by atoms with E-state index in [0.29, 0.717) is 11.3 Å². The molecule has 2 N–H and O–H groups in total. The molecule has 0 bridgehead atoms. The van der Waals surface area contributed by atoms with E-state index in [1.54, 1.807) is 44.7 Å². The van der Waals surface area contributed by atoms with Crippen molar-refractivity contribution in [1.29, 1.82) is 0 Å². The maximum absolute atomic E-state index is 11.8. The molecule has 0 fully saturated rings. The highest BCUT2D eigenvalue weighted by atomic mass is 16.5. The van der Waals surface area contributed by atoms with E-state index in [4.69, 9.17) is 14.0 Å². The molecule has 2 heterocycles. The summed E-state index contributed by atoms with van der Waals surface area (Å²) >= 11 is 0. The highest BCUT2D eigenvalue weighted by molar-refractivity contribution is 5.99. The minimum Gasteiger partial charge on any atom is -0.497 e. The Morgan fingerprint density at radius 1 is 1.18 bits per heavy atom. The van der Waals surface area contributed by atoms with Crippen LogP contribution >= 0.6 is 0 Å². The van der Waals surface area contributed by atoms with Crippen molar-refractivity contribution in [3.63, 3.8) is 0 Å².